The number of pyridine rings is 1. The van der Waals surface area contributed by atoms with E-state index in [1.165, 1.54) is 0 Å². The van der Waals surface area contributed by atoms with Crippen molar-refractivity contribution in [3.8, 4) is 0 Å². The molecule has 2 aromatic heterocycles. The number of piperidine rings is 1. The molecule has 3 unspecified atom stereocenters. The number of nitrogens with one attached hydrogen (secondary N) is 1. The summed E-state index contributed by atoms with van der Waals surface area (Å²) < 4.78 is 15.6. The molecule has 1 aliphatic carbocycles. The molecule has 0 spiro atoms. The lowest BCUT2D eigenvalue weighted by molar-refractivity contribution is -0.140. The molecule has 4 rings (SSSR count). The average molecular weight is 443 g/mol. The van der Waals surface area contributed by atoms with Crippen LogP contribution < -0.4 is 5.32 Å². The van der Waals surface area contributed by atoms with Crippen molar-refractivity contribution in [3.63, 3.8) is 0 Å². The van der Waals surface area contributed by atoms with E-state index < -0.39 is 6.17 Å². The Morgan fingerprint density at radius 3 is 2.78 bits per heavy atom. The number of unbranched alkanes of at least 4 members (excludes halogenated alkanes) is 1. The molecule has 2 amide bonds. The first-order chi connectivity index (χ1) is 15.5. The van der Waals surface area contributed by atoms with Gasteiger partial charge in [0.15, 0.2) is 0 Å². The lowest BCUT2D eigenvalue weighted by Gasteiger charge is -2.38. The summed E-state index contributed by atoms with van der Waals surface area (Å²) in [5.74, 6) is 0.920. The minimum absolute atomic E-state index is 0.0557. The Morgan fingerprint density at radius 1 is 1.16 bits per heavy atom. The topological polar surface area (TPSA) is 66.7 Å². The Hall–Kier alpha value is -2.44. The molecule has 3 atom stereocenters. The van der Waals surface area contributed by atoms with E-state index >= 15 is 0 Å². The number of alkyl halides is 1. The number of rotatable bonds is 7. The number of hydrogen-bond acceptors (Lipinski definition) is 3. The van der Waals surface area contributed by atoms with Crippen molar-refractivity contribution in [1.29, 1.82) is 0 Å². The predicted molar refractivity (Wildman–Crippen MR) is 122 cm³/mol. The van der Waals surface area contributed by atoms with Gasteiger partial charge in [0.2, 0.25) is 5.91 Å². The fraction of sp³-hybridized carbons (Fsp3) is 0.640. The molecule has 1 saturated carbocycles. The van der Waals surface area contributed by atoms with Gasteiger partial charge in [-0.15, -0.1) is 0 Å². The van der Waals surface area contributed by atoms with Crippen LogP contribution in [0.25, 0.3) is 5.65 Å². The first kappa shape index (κ1) is 22.7. The quantitative estimate of drug-likeness (QED) is 0.652. The van der Waals surface area contributed by atoms with E-state index in [1.807, 2.05) is 21.6 Å². The van der Waals surface area contributed by atoms with Crippen LogP contribution in [0.4, 0.5) is 4.39 Å². The molecular formula is C25H35FN4O2. The summed E-state index contributed by atoms with van der Waals surface area (Å²) in [6.07, 6.45) is 11.6. The molecule has 2 aromatic rings. The van der Waals surface area contributed by atoms with Crippen molar-refractivity contribution in [2.75, 3.05) is 19.6 Å². The smallest absolute Gasteiger partial charge is 0.252 e. The van der Waals surface area contributed by atoms with Crippen LogP contribution in [-0.4, -0.2) is 51.9 Å². The highest BCUT2D eigenvalue weighted by Crippen LogP contribution is 2.34. The van der Waals surface area contributed by atoms with Crippen molar-refractivity contribution in [1.82, 2.24) is 19.6 Å². The number of imidazole rings is 1. The molecule has 7 heteroatoms. The van der Waals surface area contributed by atoms with Crippen LogP contribution in [0.5, 0.6) is 0 Å². The maximum absolute atomic E-state index is 13.8. The van der Waals surface area contributed by atoms with Gasteiger partial charge in [0, 0.05) is 44.1 Å². The second-order valence-corrected chi connectivity index (χ2v) is 9.62. The van der Waals surface area contributed by atoms with E-state index in [4.69, 9.17) is 0 Å². The molecular weight excluding hydrogens is 407 g/mol. The Kier molecular flexibility index (Phi) is 7.43. The standard InChI is InChI=1S/C25H35FN4O2/c1-18-5-7-21(26)16-22(18)25(32)29-13-9-19(10-14-29)4-2-3-11-28-24(31)20-6-8-23-27-12-15-30(23)17-20/h6,8,12,15,17-19,21-22H,2-5,7,9-11,13-14,16H2,1H3,(H,28,31). The molecule has 1 N–H and O–H groups in total. The summed E-state index contributed by atoms with van der Waals surface area (Å²) in [7, 11) is 0. The molecule has 174 valence electrons. The Bertz CT molecular complexity index is 922. The van der Waals surface area contributed by atoms with E-state index in [2.05, 4.69) is 17.2 Å². The van der Waals surface area contributed by atoms with Crippen molar-refractivity contribution in [3.05, 3.63) is 36.3 Å². The van der Waals surface area contributed by atoms with Gasteiger partial charge in [-0.05, 0) is 62.5 Å². The van der Waals surface area contributed by atoms with Crippen LogP contribution in [-0.2, 0) is 4.79 Å². The number of amides is 2. The number of carbonyl (C=O) groups is 2. The zero-order chi connectivity index (χ0) is 22.5. The van der Waals surface area contributed by atoms with Gasteiger partial charge in [-0.25, -0.2) is 9.37 Å². The lowest BCUT2D eigenvalue weighted by atomic mass is 9.78. The van der Waals surface area contributed by atoms with E-state index in [-0.39, 0.29) is 17.7 Å². The summed E-state index contributed by atoms with van der Waals surface area (Å²) >= 11 is 0. The van der Waals surface area contributed by atoms with Crippen LogP contribution >= 0.6 is 0 Å². The van der Waals surface area contributed by atoms with Gasteiger partial charge < -0.3 is 14.6 Å². The highest BCUT2D eigenvalue weighted by atomic mass is 19.1. The van der Waals surface area contributed by atoms with Crippen molar-refractivity contribution in [2.45, 2.75) is 64.5 Å². The third-order valence-electron chi connectivity index (χ3n) is 7.35. The predicted octanol–water partition coefficient (Wildman–Crippen LogP) is 4.25. The molecule has 1 aliphatic heterocycles. The summed E-state index contributed by atoms with van der Waals surface area (Å²) in [5.41, 5.74) is 1.47. The van der Waals surface area contributed by atoms with Gasteiger partial charge in [0.25, 0.3) is 5.91 Å². The van der Waals surface area contributed by atoms with Crippen molar-refractivity contribution in [2.24, 2.45) is 17.8 Å². The lowest BCUT2D eigenvalue weighted by Crippen LogP contribution is -2.45. The number of fused-ring (bicyclic) bond motifs is 1. The Balaban J connectivity index is 1.12. The number of nitrogens with zero attached hydrogens (tertiary/aromatic N) is 3. The summed E-state index contributed by atoms with van der Waals surface area (Å²) in [5, 5.41) is 3.00. The molecule has 32 heavy (non-hydrogen) atoms. The molecule has 6 nitrogen and oxygen atoms in total. The molecule has 0 aromatic carbocycles. The molecule has 0 radical (unpaired) electrons. The van der Waals surface area contributed by atoms with Crippen molar-refractivity contribution >= 4 is 17.5 Å². The third-order valence-corrected chi connectivity index (χ3v) is 7.35. The normalized spacial score (nSPS) is 24.6. The largest absolute Gasteiger partial charge is 0.352 e. The van der Waals surface area contributed by atoms with E-state index in [9.17, 15) is 14.0 Å². The maximum Gasteiger partial charge on any atom is 0.252 e. The average Bonchev–Trinajstić information content (AvgIpc) is 3.28. The van der Waals surface area contributed by atoms with Gasteiger partial charge in [-0.1, -0.05) is 19.8 Å². The van der Waals surface area contributed by atoms with Crippen LogP contribution in [0.2, 0.25) is 0 Å². The fourth-order valence-corrected chi connectivity index (χ4v) is 5.21. The zero-order valence-corrected chi connectivity index (χ0v) is 19.0. The van der Waals surface area contributed by atoms with Crippen LogP contribution in [0.1, 0.15) is 68.6 Å². The SMILES string of the molecule is CC1CCC(F)CC1C(=O)N1CCC(CCCCNC(=O)c2ccc3nccn3c2)CC1. The second-order valence-electron chi connectivity index (χ2n) is 9.62. The molecule has 2 aliphatic rings. The van der Waals surface area contributed by atoms with Gasteiger partial charge in [0.1, 0.15) is 11.8 Å². The monoisotopic (exact) mass is 442 g/mol. The van der Waals surface area contributed by atoms with Gasteiger partial charge in [0.05, 0.1) is 5.56 Å². The number of likely N-dealkylation sites (tertiary alicyclic amines) is 1. The van der Waals surface area contributed by atoms with Crippen LogP contribution in [0.15, 0.2) is 30.7 Å². The zero-order valence-electron chi connectivity index (χ0n) is 19.0. The molecule has 2 fully saturated rings. The number of aromatic nitrogens is 2. The first-order valence-corrected chi connectivity index (χ1v) is 12.1. The Labute approximate surface area is 189 Å². The summed E-state index contributed by atoms with van der Waals surface area (Å²) in [6, 6.07) is 3.64. The highest BCUT2D eigenvalue weighted by molar-refractivity contribution is 5.94. The van der Waals surface area contributed by atoms with Gasteiger partial charge in [-0.3, -0.25) is 9.59 Å². The number of hydrogen-bond donors (Lipinski definition) is 1. The fourth-order valence-electron chi connectivity index (χ4n) is 5.21. The van der Waals surface area contributed by atoms with E-state index in [1.54, 1.807) is 18.5 Å². The van der Waals surface area contributed by atoms with Crippen LogP contribution in [0.3, 0.4) is 0 Å². The Morgan fingerprint density at radius 2 is 1.97 bits per heavy atom. The third kappa shape index (κ3) is 5.48. The summed E-state index contributed by atoms with van der Waals surface area (Å²) in [6.45, 7) is 4.37. The van der Waals surface area contributed by atoms with E-state index in [0.717, 1.165) is 57.3 Å². The van der Waals surface area contributed by atoms with Gasteiger partial charge >= 0.3 is 0 Å². The number of carbonyl (C=O) groups excluding carboxylic acids is 2. The first-order valence-electron chi connectivity index (χ1n) is 12.1. The van der Waals surface area contributed by atoms with Crippen molar-refractivity contribution < 1.29 is 14.0 Å². The minimum Gasteiger partial charge on any atom is -0.352 e. The number of halogens is 1. The second kappa shape index (κ2) is 10.5. The minimum atomic E-state index is -0.813. The van der Waals surface area contributed by atoms with Crippen LogP contribution in [0, 0.1) is 17.8 Å². The van der Waals surface area contributed by atoms with Gasteiger partial charge in [-0.2, -0.15) is 0 Å². The summed E-state index contributed by atoms with van der Waals surface area (Å²) in [4.78, 5) is 31.4. The maximum atomic E-state index is 13.8. The molecule has 3 heterocycles. The molecule has 1 saturated heterocycles. The van der Waals surface area contributed by atoms with E-state index in [0.29, 0.717) is 36.8 Å². The highest BCUT2D eigenvalue weighted by Gasteiger charge is 2.36. The molecule has 0 bridgehead atoms.